The molecular formula is C18H22N2O3. The standard InChI is InChI=1S/C18H22N2O3/c1-4-9-20-12(2)10-16(13(20)3)17(21)11-23-15-7-5-14(6-8-15)18(19)22/h5-8,10H,4,9,11H2,1-3H3,(H2,19,22). The van der Waals surface area contributed by atoms with E-state index in [0.717, 1.165) is 24.4 Å². The van der Waals surface area contributed by atoms with Crippen molar-refractivity contribution in [2.75, 3.05) is 6.61 Å². The average Bonchev–Trinajstić information content (AvgIpc) is 2.81. The van der Waals surface area contributed by atoms with Gasteiger partial charge in [0.25, 0.3) is 0 Å². The molecule has 0 saturated carbocycles. The third-order valence-corrected chi connectivity index (χ3v) is 3.83. The van der Waals surface area contributed by atoms with Crippen LogP contribution in [0.5, 0.6) is 5.75 Å². The smallest absolute Gasteiger partial charge is 0.248 e. The number of hydrogen-bond acceptors (Lipinski definition) is 3. The molecule has 0 fully saturated rings. The number of aromatic nitrogens is 1. The minimum Gasteiger partial charge on any atom is -0.485 e. The highest BCUT2D eigenvalue weighted by molar-refractivity contribution is 5.98. The molecule has 2 N–H and O–H groups in total. The van der Waals surface area contributed by atoms with E-state index in [0.29, 0.717) is 16.9 Å². The summed E-state index contributed by atoms with van der Waals surface area (Å²) in [6, 6.07) is 8.33. The van der Waals surface area contributed by atoms with Crippen molar-refractivity contribution in [2.24, 2.45) is 5.73 Å². The van der Waals surface area contributed by atoms with Crippen LogP contribution in [0.3, 0.4) is 0 Å². The van der Waals surface area contributed by atoms with E-state index in [-0.39, 0.29) is 12.4 Å². The summed E-state index contributed by atoms with van der Waals surface area (Å²) in [6.45, 7) is 6.94. The van der Waals surface area contributed by atoms with Crippen LogP contribution in [0.15, 0.2) is 30.3 Å². The van der Waals surface area contributed by atoms with Crippen molar-refractivity contribution in [3.63, 3.8) is 0 Å². The van der Waals surface area contributed by atoms with Crippen LogP contribution >= 0.6 is 0 Å². The molecule has 1 aromatic carbocycles. The third-order valence-electron chi connectivity index (χ3n) is 3.83. The summed E-state index contributed by atoms with van der Waals surface area (Å²) in [5.74, 6) is -0.0128. The Balaban J connectivity index is 2.05. The van der Waals surface area contributed by atoms with E-state index in [2.05, 4.69) is 11.5 Å². The average molecular weight is 314 g/mol. The highest BCUT2D eigenvalue weighted by Gasteiger charge is 2.16. The van der Waals surface area contributed by atoms with E-state index < -0.39 is 5.91 Å². The zero-order valence-corrected chi connectivity index (χ0v) is 13.8. The number of carbonyl (C=O) groups excluding carboxylic acids is 2. The Hall–Kier alpha value is -2.56. The maximum absolute atomic E-state index is 12.4. The fourth-order valence-electron chi connectivity index (χ4n) is 2.59. The van der Waals surface area contributed by atoms with Gasteiger partial charge in [-0.3, -0.25) is 9.59 Å². The van der Waals surface area contributed by atoms with E-state index >= 15 is 0 Å². The van der Waals surface area contributed by atoms with Crippen LogP contribution < -0.4 is 10.5 Å². The van der Waals surface area contributed by atoms with E-state index in [1.807, 2.05) is 19.9 Å². The van der Waals surface area contributed by atoms with Gasteiger partial charge in [0.05, 0.1) is 0 Å². The molecule has 1 aromatic heterocycles. The van der Waals surface area contributed by atoms with Crippen molar-refractivity contribution in [3.05, 3.63) is 52.8 Å². The molecule has 0 atom stereocenters. The van der Waals surface area contributed by atoms with E-state index in [4.69, 9.17) is 10.5 Å². The summed E-state index contributed by atoms with van der Waals surface area (Å²) in [7, 11) is 0. The zero-order chi connectivity index (χ0) is 17.0. The Kier molecular flexibility index (Phi) is 5.21. The number of amides is 1. The molecule has 5 heteroatoms. The van der Waals surface area contributed by atoms with Crippen LogP contribution in [-0.2, 0) is 6.54 Å². The fraction of sp³-hybridized carbons (Fsp3) is 0.333. The molecule has 1 heterocycles. The number of ether oxygens (including phenoxy) is 1. The maximum Gasteiger partial charge on any atom is 0.248 e. The number of carbonyl (C=O) groups is 2. The lowest BCUT2D eigenvalue weighted by molar-refractivity contribution is 0.0919. The number of hydrogen-bond donors (Lipinski definition) is 1. The Bertz CT molecular complexity index is 715. The van der Waals surface area contributed by atoms with Crippen LogP contribution in [0, 0.1) is 13.8 Å². The van der Waals surface area contributed by atoms with Gasteiger partial charge in [0.1, 0.15) is 5.75 Å². The Morgan fingerprint density at radius 3 is 2.39 bits per heavy atom. The molecule has 5 nitrogen and oxygen atoms in total. The van der Waals surface area contributed by atoms with Crippen LogP contribution in [0.2, 0.25) is 0 Å². The van der Waals surface area contributed by atoms with Gasteiger partial charge in [-0.15, -0.1) is 0 Å². The summed E-state index contributed by atoms with van der Waals surface area (Å²) >= 11 is 0. The van der Waals surface area contributed by atoms with Crippen molar-refractivity contribution in [3.8, 4) is 5.75 Å². The van der Waals surface area contributed by atoms with Crippen LogP contribution in [-0.4, -0.2) is 22.9 Å². The topological polar surface area (TPSA) is 74.3 Å². The summed E-state index contributed by atoms with van der Waals surface area (Å²) in [5, 5.41) is 0. The highest BCUT2D eigenvalue weighted by atomic mass is 16.5. The lowest BCUT2D eigenvalue weighted by Crippen LogP contribution is -2.13. The molecule has 0 saturated heterocycles. The van der Waals surface area contributed by atoms with Gasteiger partial charge in [-0.25, -0.2) is 0 Å². The quantitative estimate of drug-likeness (QED) is 0.799. The second kappa shape index (κ2) is 7.13. The fourth-order valence-corrected chi connectivity index (χ4v) is 2.59. The Labute approximate surface area is 136 Å². The van der Waals surface area contributed by atoms with Crippen molar-refractivity contribution >= 4 is 11.7 Å². The van der Waals surface area contributed by atoms with E-state index in [9.17, 15) is 9.59 Å². The van der Waals surface area contributed by atoms with E-state index in [1.165, 1.54) is 0 Å². The number of nitrogens with two attached hydrogens (primary N) is 1. The molecule has 2 aromatic rings. The number of primary amides is 1. The molecule has 122 valence electrons. The zero-order valence-electron chi connectivity index (χ0n) is 13.8. The molecule has 0 bridgehead atoms. The SMILES string of the molecule is CCCn1c(C)cc(C(=O)COc2ccc(C(N)=O)cc2)c1C. The first kappa shape index (κ1) is 16.8. The first-order valence-corrected chi connectivity index (χ1v) is 7.66. The summed E-state index contributed by atoms with van der Waals surface area (Å²) < 4.78 is 7.66. The molecular weight excluding hydrogens is 292 g/mol. The molecule has 23 heavy (non-hydrogen) atoms. The number of ketones is 1. The van der Waals surface area contributed by atoms with Crippen molar-refractivity contribution in [2.45, 2.75) is 33.7 Å². The number of Topliss-reactive ketones (excluding diaryl/α,β-unsaturated/α-hetero) is 1. The predicted molar refractivity (Wildman–Crippen MR) is 89.0 cm³/mol. The van der Waals surface area contributed by atoms with Crippen molar-refractivity contribution in [1.82, 2.24) is 4.57 Å². The molecule has 0 spiro atoms. The van der Waals surface area contributed by atoms with Gasteiger partial charge in [-0.1, -0.05) is 6.92 Å². The molecule has 2 rings (SSSR count). The second-order valence-corrected chi connectivity index (χ2v) is 5.54. The summed E-state index contributed by atoms with van der Waals surface area (Å²) in [6.07, 6.45) is 1.02. The van der Waals surface area contributed by atoms with Gasteiger partial charge in [0.15, 0.2) is 6.61 Å². The minimum absolute atomic E-state index is 0.0354. The first-order valence-electron chi connectivity index (χ1n) is 7.66. The predicted octanol–water partition coefficient (Wildman–Crippen LogP) is 2.88. The molecule has 0 aliphatic carbocycles. The third kappa shape index (κ3) is 3.80. The monoisotopic (exact) mass is 314 g/mol. The summed E-state index contributed by atoms with van der Waals surface area (Å²) in [4.78, 5) is 23.4. The maximum atomic E-state index is 12.4. The molecule has 0 radical (unpaired) electrons. The molecule has 0 aliphatic rings. The van der Waals surface area contributed by atoms with E-state index in [1.54, 1.807) is 24.3 Å². The minimum atomic E-state index is -0.490. The van der Waals surface area contributed by atoms with Gasteiger partial charge < -0.3 is 15.0 Å². The second-order valence-electron chi connectivity index (χ2n) is 5.54. The Morgan fingerprint density at radius 2 is 1.83 bits per heavy atom. The van der Waals surface area contributed by atoms with Crippen LogP contribution in [0.25, 0.3) is 0 Å². The number of benzene rings is 1. The Morgan fingerprint density at radius 1 is 1.17 bits per heavy atom. The number of rotatable bonds is 7. The molecule has 1 amide bonds. The molecule has 0 aliphatic heterocycles. The molecule has 0 unspecified atom stereocenters. The number of nitrogens with zero attached hydrogens (tertiary/aromatic N) is 1. The largest absolute Gasteiger partial charge is 0.485 e. The van der Waals surface area contributed by atoms with Crippen molar-refractivity contribution < 1.29 is 14.3 Å². The van der Waals surface area contributed by atoms with Crippen LogP contribution in [0.1, 0.15) is 45.4 Å². The highest BCUT2D eigenvalue weighted by Crippen LogP contribution is 2.18. The van der Waals surface area contributed by atoms with Crippen molar-refractivity contribution in [1.29, 1.82) is 0 Å². The van der Waals surface area contributed by atoms with Gasteiger partial charge >= 0.3 is 0 Å². The van der Waals surface area contributed by atoms with Gasteiger partial charge in [-0.05, 0) is 50.6 Å². The normalized spacial score (nSPS) is 10.6. The summed E-state index contributed by atoms with van der Waals surface area (Å²) in [5.41, 5.74) is 8.35. The lowest BCUT2D eigenvalue weighted by atomic mass is 10.1. The van der Waals surface area contributed by atoms with Gasteiger partial charge in [0.2, 0.25) is 11.7 Å². The van der Waals surface area contributed by atoms with Gasteiger partial charge in [0, 0.05) is 29.1 Å². The van der Waals surface area contributed by atoms with Gasteiger partial charge in [-0.2, -0.15) is 0 Å². The first-order chi connectivity index (χ1) is 10.9. The number of aryl methyl sites for hydroxylation is 1. The van der Waals surface area contributed by atoms with Crippen LogP contribution in [0.4, 0.5) is 0 Å². The lowest BCUT2D eigenvalue weighted by Gasteiger charge is -2.08.